The molecule has 0 radical (unpaired) electrons. The Kier molecular flexibility index (Phi) is 11.4. The molecule has 1 nitrogen and oxygen atoms in total. The predicted molar refractivity (Wildman–Crippen MR) is 91.3 cm³/mol. The Hall–Kier alpha value is -0.0400. The average molecular weight is 282 g/mol. The Labute approximate surface area is 128 Å². The second-order valence-electron chi connectivity index (χ2n) is 6.95. The lowest BCUT2D eigenvalue weighted by Crippen LogP contribution is -2.35. The smallest absolute Gasteiger partial charge is 0.00922 e. The first-order chi connectivity index (χ1) is 9.84. The van der Waals surface area contributed by atoms with Gasteiger partial charge in [0.05, 0.1) is 0 Å². The minimum atomic E-state index is 0.905. The van der Waals surface area contributed by atoms with Crippen molar-refractivity contribution in [3.63, 3.8) is 0 Å². The number of hydrogen-bond acceptors (Lipinski definition) is 1. The van der Waals surface area contributed by atoms with Crippen LogP contribution in [-0.2, 0) is 0 Å². The third-order valence-corrected chi connectivity index (χ3v) is 5.06. The van der Waals surface area contributed by atoms with E-state index in [1.807, 2.05) is 0 Å². The van der Waals surface area contributed by atoms with Crippen molar-refractivity contribution < 1.29 is 0 Å². The number of likely N-dealkylation sites (tertiary alicyclic amines) is 1. The summed E-state index contributed by atoms with van der Waals surface area (Å²) in [4.78, 5) is 2.60. The van der Waals surface area contributed by atoms with Crippen LogP contribution >= 0.6 is 0 Å². The van der Waals surface area contributed by atoms with Gasteiger partial charge >= 0.3 is 0 Å². The lowest BCUT2D eigenvalue weighted by molar-refractivity contribution is 0.173. The summed E-state index contributed by atoms with van der Waals surface area (Å²) in [5, 5.41) is 0. The molecular weight excluding hydrogens is 242 g/mol. The summed E-state index contributed by atoms with van der Waals surface area (Å²) in [5.74, 6) is 0. The fourth-order valence-corrected chi connectivity index (χ4v) is 3.55. The number of unbranched alkanes of at least 4 members (excludes halogenated alkanes) is 10. The molecule has 1 rings (SSSR count). The highest BCUT2D eigenvalue weighted by molar-refractivity contribution is 4.73. The quantitative estimate of drug-likeness (QED) is 0.386. The van der Waals surface area contributed by atoms with Gasteiger partial charge in [-0.3, -0.25) is 0 Å². The van der Waals surface area contributed by atoms with Crippen LogP contribution in [0.5, 0.6) is 0 Å². The van der Waals surface area contributed by atoms with Crippen molar-refractivity contribution in [3.8, 4) is 0 Å². The molecule has 20 heavy (non-hydrogen) atoms. The molecule has 0 aromatic rings. The Balaban J connectivity index is 1.78. The van der Waals surface area contributed by atoms with Crippen molar-refractivity contribution in [1.29, 1.82) is 0 Å². The maximum atomic E-state index is 2.60. The summed E-state index contributed by atoms with van der Waals surface area (Å²) in [5.41, 5.74) is 0. The summed E-state index contributed by atoms with van der Waals surface area (Å²) in [6.45, 7) is 3.63. The van der Waals surface area contributed by atoms with Gasteiger partial charge in [0.1, 0.15) is 0 Å². The van der Waals surface area contributed by atoms with Crippen molar-refractivity contribution in [1.82, 2.24) is 4.90 Å². The van der Waals surface area contributed by atoms with Crippen LogP contribution in [0.3, 0.4) is 0 Å². The topological polar surface area (TPSA) is 3.24 Å². The van der Waals surface area contributed by atoms with E-state index in [1.165, 1.54) is 103 Å². The summed E-state index contributed by atoms with van der Waals surface area (Å²) in [6, 6.07) is 0.905. The van der Waals surface area contributed by atoms with E-state index in [9.17, 15) is 0 Å². The predicted octanol–water partition coefficient (Wildman–Crippen LogP) is 6.17. The molecule has 1 aliphatic rings. The number of rotatable bonds is 12. The number of nitrogens with zero attached hydrogens (tertiary/aromatic N) is 1. The Morgan fingerprint density at radius 1 is 0.750 bits per heavy atom. The van der Waals surface area contributed by atoms with Gasteiger partial charge < -0.3 is 4.90 Å². The molecule has 120 valence electrons. The molecule has 0 bridgehead atoms. The highest BCUT2D eigenvalue weighted by Gasteiger charge is 2.17. The molecular formula is C19H39N. The van der Waals surface area contributed by atoms with Crippen molar-refractivity contribution in [2.75, 3.05) is 13.6 Å². The van der Waals surface area contributed by atoms with Gasteiger partial charge in [0.15, 0.2) is 0 Å². The van der Waals surface area contributed by atoms with E-state index < -0.39 is 0 Å². The molecule has 0 aliphatic carbocycles. The normalized spacial score (nSPS) is 20.4. The van der Waals surface area contributed by atoms with Crippen molar-refractivity contribution in [2.45, 2.75) is 109 Å². The van der Waals surface area contributed by atoms with Gasteiger partial charge in [0.25, 0.3) is 0 Å². The molecule has 0 N–H and O–H groups in total. The highest BCUT2D eigenvalue weighted by atomic mass is 15.1. The lowest BCUT2D eigenvalue weighted by atomic mass is 9.97. The summed E-state index contributed by atoms with van der Waals surface area (Å²) < 4.78 is 0. The van der Waals surface area contributed by atoms with Crippen molar-refractivity contribution in [2.24, 2.45) is 0 Å². The molecule has 0 aromatic carbocycles. The maximum absolute atomic E-state index is 2.60. The van der Waals surface area contributed by atoms with Gasteiger partial charge in [0, 0.05) is 6.04 Å². The first kappa shape index (κ1) is 18.0. The third kappa shape index (κ3) is 9.00. The van der Waals surface area contributed by atoms with Crippen LogP contribution in [-0.4, -0.2) is 24.5 Å². The van der Waals surface area contributed by atoms with Gasteiger partial charge in [-0.25, -0.2) is 0 Å². The SMILES string of the molecule is CCCCCCCCCCCCCC1CCCCN1C. The van der Waals surface area contributed by atoms with Gasteiger partial charge in [-0.15, -0.1) is 0 Å². The fourth-order valence-electron chi connectivity index (χ4n) is 3.55. The third-order valence-electron chi connectivity index (χ3n) is 5.06. The molecule has 1 saturated heterocycles. The minimum Gasteiger partial charge on any atom is -0.303 e. The van der Waals surface area contributed by atoms with Gasteiger partial charge in [-0.1, -0.05) is 84.0 Å². The van der Waals surface area contributed by atoms with E-state index >= 15 is 0 Å². The second-order valence-corrected chi connectivity index (χ2v) is 6.95. The van der Waals surface area contributed by atoms with E-state index in [4.69, 9.17) is 0 Å². The van der Waals surface area contributed by atoms with E-state index in [1.54, 1.807) is 0 Å². The van der Waals surface area contributed by atoms with Crippen LogP contribution in [0.15, 0.2) is 0 Å². The van der Waals surface area contributed by atoms with Crippen LogP contribution in [0.4, 0.5) is 0 Å². The number of hydrogen-bond donors (Lipinski definition) is 0. The van der Waals surface area contributed by atoms with Crippen LogP contribution in [0.25, 0.3) is 0 Å². The van der Waals surface area contributed by atoms with Crippen LogP contribution in [0.1, 0.15) is 103 Å². The number of piperidine rings is 1. The van der Waals surface area contributed by atoms with Gasteiger partial charge in [-0.2, -0.15) is 0 Å². The van der Waals surface area contributed by atoms with Crippen molar-refractivity contribution >= 4 is 0 Å². The largest absolute Gasteiger partial charge is 0.303 e. The van der Waals surface area contributed by atoms with E-state index in [0.29, 0.717) is 0 Å². The van der Waals surface area contributed by atoms with Crippen LogP contribution in [0.2, 0.25) is 0 Å². The Morgan fingerprint density at radius 3 is 1.85 bits per heavy atom. The maximum Gasteiger partial charge on any atom is 0.00922 e. The van der Waals surface area contributed by atoms with E-state index in [2.05, 4.69) is 18.9 Å². The molecule has 0 saturated carbocycles. The van der Waals surface area contributed by atoms with Crippen molar-refractivity contribution in [3.05, 3.63) is 0 Å². The van der Waals surface area contributed by atoms with E-state index in [0.717, 1.165) is 6.04 Å². The van der Waals surface area contributed by atoms with Crippen LogP contribution < -0.4 is 0 Å². The molecule has 1 fully saturated rings. The zero-order valence-electron chi connectivity index (χ0n) is 14.3. The van der Waals surface area contributed by atoms with E-state index in [-0.39, 0.29) is 0 Å². The van der Waals surface area contributed by atoms with Gasteiger partial charge in [0.2, 0.25) is 0 Å². The molecule has 0 amide bonds. The standard InChI is InChI=1S/C19H39N/c1-3-4-5-6-7-8-9-10-11-12-13-16-19-17-14-15-18-20(19)2/h19H,3-18H2,1-2H3. The summed E-state index contributed by atoms with van der Waals surface area (Å²) >= 11 is 0. The molecule has 1 heteroatoms. The zero-order chi connectivity index (χ0) is 14.5. The fraction of sp³-hybridized carbons (Fsp3) is 1.00. The molecule has 0 spiro atoms. The Morgan fingerprint density at radius 2 is 1.30 bits per heavy atom. The van der Waals surface area contributed by atoms with Crippen LogP contribution in [0, 0.1) is 0 Å². The molecule has 1 heterocycles. The molecule has 1 atom stereocenters. The molecule has 1 unspecified atom stereocenters. The second kappa shape index (κ2) is 12.7. The Bertz CT molecular complexity index is 202. The minimum absolute atomic E-state index is 0.905. The van der Waals surface area contributed by atoms with Gasteiger partial charge in [-0.05, 0) is 32.9 Å². The first-order valence-corrected chi connectivity index (χ1v) is 9.55. The molecule has 0 aromatic heterocycles. The highest BCUT2D eigenvalue weighted by Crippen LogP contribution is 2.20. The monoisotopic (exact) mass is 281 g/mol. The summed E-state index contributed by atoms with van der Waals surface area (Å²) in [6.07, 6.45) is 21.9. The molecule has 1 aliphatic heterocycles. The zero-order valence-corrected chi connectivity index (χ0v) is 14.3. The summed E-state index contributed by atoms with van der Waals surface area (Å²) in [7, 11) is 2.32. The lowest BCUT2D eigenvalue weighted by Gasteiger charge is -2.32. The average Bonchev–Trinajstić information content (AvgIpc) is 2.46. The first-order valence-electron chi connectivity index (χ1n) is 9.55.